The minimum atomic E-state index is -1.36. The lowest BCUT2D eigenvalue weighted by molar-refractivity contribution is 0.260. The highest BCUT2D eigenvalue weighted by Crippen LogP contribution is 2.18. The standard InChI is InChI=1S/C12H18BNO2/c1-10-4-3-7-14(10)9-11-5-2-6-12(8-11)13(15)16/h2,5-6,8,10,15-16H,3-4,7,9H2,1H3. The van der Waals surface area contributed by atoms with Crippen molar-refractivity contribution in [2.75, 3.05) is 6.54 Å². The summed E-state index contributed by atoms with van der Waals surface area (Å²) < 4.78 is 0. The highest BCUT2D eigenvalue weighted by molar-refractivity contribution is 6.58. The van der Waals surface area contributed by atoms with Crippen LogP contribution < -0.4 is 5.46 Å². The lowest BCUT2D eigenvalue weighted by Crippen LogP contribution is -2.31. The van der Waals surface area contributed by atoms with Crippen LogP contribution in [0.3, 0.4) is 0 Å². The summed E-state index contributed by atoms with van der Waals surface area (Å²) in [5, 5.41) is 18.2. The van der Waals surface area contributed by atoms with Crippen molar-refractivity contribution in [2.24, 2.45) is 0 Å². The van der Waals surface area contributed by atoms with E-state index in [2.05, 4.69) is 11.8 Å². The summed E-state index contributed by atoms with van der Waals surface area (Å²) in [5.41, 5.74) is 1.73. The van der Waals surface area contributed by atoms with Gasteiger partial charge in [-0.15, -0.1) is 0 Å². The molecule has 1 aliphatic heterocycles. The van der Waals surface area contributed by atoms with Crippen molar-refractivity contribution in [2.45, 2.75) is 32.4 Å². The van der Waals surface area contributed by atoms with E-state index in [1.54, 1.807) is 6.07 Å². The molecule has 0 saturated carbocycles. The average Bonchev–Trinajstić information content (AvgIpc) is 2.65. The predicted molar refractivity (Wildman–Crippen MR) is 65.4 cm³/mol. The third kappa shape index (κ3) is 2.64. The van der Waals surface area contributed by atoms with E-state index >= 15 is 0 Å². The first-order valence-electron chi connectivity index (χ1n) is 5.86. The first-order valence-corrected chi connectivity index (χ1v) is 5.86. The molecule has 2 N–H and O–H groups in total. The topological polar surface area (TPSA) is 43.7 Å². The number of benzene rings is 1. The van der Waals surface area contributed by atoms with Crippen molar-refractivity contribution in [3.8, 4) is 0 Å². The molecule has 0 amide bonds. The Morgan fingerprint density at radius 2 is 2.25 bits per heavy atom. The van der Waals surface area contributed by atoms with E-state index in [1.807, 2.05) is 18.2 Å². The van der Waals surface area contributed by atoms with Crippen LogP contribution in [0.25, 0.3) is 0 Å². The van der Waals surface area contributed by atoms with E-state index < -0.39 is 7.12 Å². The van der Waals surface area contributed by atoms with Crippen LogP contribution in [-0.2, 0) is 6.54 Å². The molecular weight excluding hydrogens is 201 g/mol. The molecule has 86 valence electrons. The molecule has 0 bridgehead atoms. The Hall–Kier alpha value is -0.835. The van der Waals surface area contributed by atoms with E-state index in [0.29, 0.717) is 11.5 Å². The van der Waals surface area contributed by atoms with E-state index in [-0.39, 0.29) is 0 Å². The smallest absolute Gasteiger partial charge is 0.423 e. The fourth-order valence-electron chi connectivity index (χ4n) is 2.31. The van der Waals surface area contributed by atoms with Crippen LogP contribution in [0.5, 0.6) is 0 Å². The quantitative estimate of drug-likeness (QED) is 0.721. The van der Waals surface area contributed by atoms with E-state index in [1.165, 1.54) is 12.8 Å². The summed E-state index contributed by atoms with van der Waals surface area (Å²) in [7, 11) is -1.36. The minimum Gasteiger partial charge on any atom is -0.423 e. The van der Waals surface area contributed by atoms with E-state index in [4.69, 9.17) is 10.0 Å². The zero-order valence-electron chi connectivity index (χ0n) is 9.63. The summed E-state index contributed by atoms with van der Waals surface area (Å²) in [6.45, 7) is 4.30. The highest BCUT2D eigenvalue weighted by atomic mass is 16.4. The van der Waals surface area contributed by atoms with E-state index in [0.717, 1.165) is 18.7 Å². The molecule has 1 unspecified atom stereocenters. The van der Waals surface area contributed by atoms with Gasteiger partial charge in [0.2, 0.25) is 0 Å². The van der Waals surface area contributed by atoms with Gasteiger partial charge >= 0.3 is 7.12 Å². The minimum absolute atomic E-state index is 0.573. The van der Waals surface area contributed by atoms with Gasteiger partial charge < -0.3 is 10.0 Å². The Balaban J connectivity index is 2.06. The van der Waals surface area contributed by atoms with Crippen LogP contribution in [-0.4, -0.2) is 34.7 Å². The Morgan fingerprint density at radius 3 is 2.88 bits per heavy atom. The summed E-state index contributed by atoms with van der Waals surface area (Å²) in [5.74, 6) is 0. The fraction of sp³-hybridized carbons (Fsp3) is 0.500. The van der Waals surface area contributed by atoms with Crippen LogP contribution in [0.2, 0.25) is 0 Å². The zero-order valence-corrected chi connectivity index (χ0v) is 9.63. The molecule has 2 rings (SSSR count). The predicted octanol–water partition coefficient (Wildman–Crippen LogP) is 0.351. The maximum atomic E-state index is 9.10. The van der Waals surface area contributed by atoms with Gasteiger partial charge in [0.05, 0.1) is 0 Å². The monoisotopic (exact) mass is 219 g/mol. The van der Waals surface area contributed by atoms with Crippen LogP contribution in [0.1, 0.15) is 25.3 Å². The molecule has 0 aromatic heterocycles. The Kier molecular flexibility index (Phi) is 3.64. The molecule has 1 heterocycles. The molecule has 1 aromatic rings. The van der Waals surface area contributed by atoms with Gasteiger partial charge in [0, 0.05) is 12.6 Å². The van der Waals surface area contributed by atoms with Crippen molar-refractivity contribution >= 4 is 12.6 Å². The van der Waals surface area contributed by atoms with Gasteiger partial charge in [0.1, 0.15) is 0 Å². The maximum absolute atomic E-state index is 9.10. The van der Waals surface area contributed by atoms with Gasteiger partial charge in [-0.3, -0.25) is 4.90 Å². The zero-order chi connectivity index (χ0) is 11.5. The van der Waals surface area contributed by atoms with Crippen LogP contribution in [0.15, 0.2) is 24.3 Å². The maximum Gasteiger partial charge on any atom is 0.488 e. The largest absolute Gasteiger partial charge is 0.488 e. The molecule has 1 atom stereocenters. The number of hydrogen-bond acceptors (Lipinski definition) is 3. The molecule has 1 fully saturated rings. The van der Waals surface area contributed by atoms with E-state index in [9.17, 15) is 0 Å². The number of nitrogens with zero attached hydrogens (tertiary/aromatic N) is 1. The Labute approximate surface area is 96.9 Å². The van der Waals surface area contributed by atoms with Crippen molar-refractivity contribution in [1.29, 1.82) is 0 Å². The van der Waals surface area contributed by atoms with Crippen LogP contribution >= 0.6 is 0 Å². The van der Waals surface area contributed by atoms with Gasteiger partial charge in [0.25, 0.3) is 0 Å². The fourth-order valence-corrected chi connectivity index (χ4v) is 2.31. The first kappa shape index (κ1) is 11.6. The summed E-state index contributed by atoms with van der Waals surface area (Å²) in [6.07, 6.45) is 2.53. The summed E-state index contributed by atoms with van der Waals surface area (Å²) in [6, 6.07) is 8.17. The SMILES string of the molecule is CC1CCCN1Cc1cccc(B(O)O)c1. The molecule has 0 radical (unpaired) electrons. The van der Waals surface area contributed by atoms with Gasteiger partial charge in [-0.2, -0.15) is 0 Å². The highest BCUT2D eigenvalue weighted by Gasteiger charge is 2.20. The molecule has 0 spiro atoms. The molecule has 0 aliphatic carbocycles. The Morgan fingerprint density at radius 1 is 1.44 bits per heavy atom. The normalized spacial score (nSPS) is 21.3. The number of likely N-dealkylation sites (tertiary alicyclic amines) is 1. The number of hydrogen-bond donors (Lipinski definition) is 2. The van der Waals surface area contributed by atoms with Gasteiger partial charge in [0.15, 0.2) is 0 Å². The van der Waals surface area contributed by atoms with Crippen molar-refractivity contribution in [3.05, 3.63) is 29.8 Å². The summed E-state index contributed by atoms with van der Waals surface area (Å²) >= 11 is 0. The third-order valence-corrected chi connectivity index (χ3v) is 3.33. The molecule has 1 saturated heterocycles. The van der Waals surface area contributed by atoms with Gasteiger partial charge in [-0.1, -0.05) is 24.3 Å². The second-order valence-electron chi connectivity index (χ2n) is 4.58. The molecule has 4 heteroatoms. The molecule has 3 nitrogen and oxygen atoms in total. The van der Waals surface area contributed by atoms with Crippen molar-refractivity contribution < 1.29 is 10.0 Å². The van der Waals surface area contributed by atoms with Crippen molar-refractivity contribution in [1.82, 2.24) is 4.90 Å². The third-order valence-electron chi connectivity index (χ3n) is 3.33. The van der Waals surface area contributed by atoms with Crippen LogP contribution in [0.4, 0.5) is 0 Å². The number of rotatable bonds is 3. The lowest BCUT2D eigenvalue weighted by atomic mass is 9.79. The van der Waals surface area contributed by atoms with Gasteiger partial charge in [-0.05, 0) is 37.3 Å². The van der Waals surface area contributed by atoms with Gasteiger partial charge in [-0.25, -0.2) is 0 Å². The molecule has 1 aliphatic rings. The Bertz CT molecular complexity index is 357. The summed E-state index contributed by atoms with van der Waals surface area (Å²) in [4.78, 5) is 2.43. The molecule has 16 heavy (non-hydrogen) atoms. The lowest BCUT2D eigenvalue weighted by Gasteiger charge is -2.21. The van der Waals surface area contributed by atoms with Crippen molar-refractivity contribution in [3.63, 3.8) is 0 Å². The molecule has 1 aromatic carbocycles. The first-order chi connectivity index (χ1) is 7.66. The second-order valence-corrected chi connectivity index (χ2v) is 4.58. The molecular formula is C12H18BNO2. The average molecular weight is 219 g/mol. The second kappa shape index (κ2) is 5.00. The van der Waals surface area contributed by atoms with Crippen LogP contribution in [0, 0.1) is 0 Å².